The number of carboxylic acid groups (broad SMARTS) is 1. The summed E-state index contributed by atoms with van der Waals surface area (Å²) < 4.78 is 33.5. The summed E-state index contributed by atoms with van der Waals surface area (Å²) in [5, 5.41) is 12.4. The van der Waals surface area contributed by atoms with Gasteiger partial charge in [0.25, 0.3) is 0 Å². The molecule has 1 unspecified atom stereocenters. The second-order valence-corrected chi connectivity index (χ2v) is 12.5. The Morgan fingerprint density at radius 3 is 2.49 bits per heavy atom. The topological polar surface area (TPSA) is 130 Å². The number of carbonyl (C=O) groups excluding carboxylic acids is 1. The molecule has 0 spiro atoms. The van der Waals surface area contributed by atoms with Crippen molar-refractivity contribution in [3.05, 3.63) is 47.0 Å². The lowest BCUT2D eigenvalue weighted by atomic mass is 10.0. The summed E-state index contributed by atoms with van der Waals surface area (Å²) in [4.78, 5) is 27.8. The number of furan rings is 1. The first-order valence-corrected chi connectivity index (χ1v) is 15.3. The van der Waals surface area contributed by atoms with E-state index in [-0.39, 0.29) is 30.7 Å². The molecule has 1 aliphatic rings. The van der Waals surface area contributed by atoms with Gasteiger partial charge in [0, 0.05) is 41.9 Å². The van der Waals surface area contributed by atoms with Crippen LogP contribution in [0.5, 0.6) is 0 Å². The predicted octanol–water partition coefficient (Wildman–Crippen LogP) is 5.15. The van der Waals surface area contributed by atoms with Gasteiger partial charge in [0.05, 0.1) is 6.26 Å². The van der Waals surface area contributed by atoms with Crippen LogP contribution in [0.3, 0.4) is 0 Å². The van der Waals surface area contributed by atoms with E-state index in [2.05, 4.69) is 5.32 Å². The minimum absolute atomic E-state index is 0.000355. The highest BCUT2D eigenvalue weighted by atomic mass is 32.2. The molecule has 10 heteroatoms. The minimum Gasteiger partial charge on any atom is -0.481 e. The molecule has 0 bridgehead atoms. The van der Waals surface area contributed by atoms with Gasteiger partial charge in [0.15, 0.2) is 0 Å². The highest BCUT2D eigenvalue weighted by Gasteiger charge is 2.33. The van der Waals surface area contributed by atoms with Crippen LogP contribution in [-0.4, -0.2) is 49.7 Å². The SMILES string of the molecule is Cc1ccc(-c2oc3nc(N(CCCC(C)C(=O)NCCCC(=O)O)S(C)(=O)=O)c(C4CC4)cc3c2C)cc1. The number of fused-ring (bicyclic) bond motifs is 1. The van der Waals surface area contributed by atoms with Crippen LogP contribution in [0.1, 0.15) is 68.1 Å². The van der Waals surface area contributed by atoms with Gasteiger partial charge >= 0.3 is 5.97 Å². The number of carboxylic acids is 1. The van der Waals surface area contributed by atoms with Crippen LogP contribution in [0.15, 0.2) is 34.7 Å². The molecule has 1 saturated carbocycles. The van der Waals surface area contributed by atoms with Crippen molar-refractivity contribution in [1.82, 2.24) is 10.3 Å². The van der Waals surface area contributed by atoms with Gasteiger partial charge in [0.1, 0.15) is 11.6 Å². The van der Waals surface area contributed by atoms with Crippen LogP contribution in [0.25, 0.3) is 22.4 Å². The van der Waals surface area contributed by atoms with Crippen molar-refractivity contribution in [3.8, 4) is 11.3 Å². The van der Waals surface area contributed by atoms with Crippen LogP contribution in [-0.2, 0) is 19.6 Å². The van der Waals surface area contributed by atoms with E-state index in [9.17, 15) is 18.0 Å². The number of benzene rings is 1. The summed E-state index contributed by atoms with van der Waals surface area (Å²) in [7, 11) is -3.65. The molecule has 4 rings (SSSR count). The minimum atomic E-state index is -3.65. The highest BCUT2D eigenvalue weighted by Crippen LogP contribution is 2.46. The lowest BCUT2D eigenvalue weighted by Gasteiger charge is -2.24. The van der Waals surface area contributed by atoms with Gasteiger partial charge in [-0.1, -0.05) is 36.8 Å². The fraction of sp³-hybridized carbons (Fsp3) is 0.483. The lowest BCUT2D eigenvalue weighted by Crippen LogP contribution is -2.34. The lowest BCUT2D eigenvalue weighted by molar-refractivity contribution is -0.137. The van der Waals surface area contributed by atoms with E-state index in [1.54, 1.807) is 6.92 Å². The van der Waals surface area contributed by atoms with Gasteiger partial charge in [-0.25, -0.2) is 8.42 Å². The zero-order chi connectivity index (χ0) is 28.3. The van der Waals surface area contributed by atoms with E-state index >= 15 is 0 Å². The second kappa shape index (κ2) is 11.8. The quantitative estimate of drug-likeness (QED) is 0.279. The van der Waals surface area contributed by atoms with Crippen LogP contribution < -0.4 is 9.62 Å². The van der Waals surface area contributed by atoms with Crippen LogP contribution in [0.4, 0.5) is 5.82 Å². The number of pyridine rings is 1. The Labute approximate surface area is 229 Å². The monoisotopic (exact) mass is 555 g/mol. The first kappa shape index (κ1) is 28.6. The first-order chi connectivity index (χ1) is 18.5. The molecular formula is C29H37N3O6S. The van der Waals surface area contributed by atoms with Crippen molar-refractivity contribution < 1.29 is 27.5 Å². The molecule has 9 nitrogen and oxygen atoms in total. The number of aromatic nitrogens is 1. The van der Waals surface area contributed by atoms with Crippen molar-refractivity contribution in [2.24, 2.45) is 5.92 Å². The molecule has 1 aromatic carbocycles. The van der Waals surface area contributed by atoms with E-state index in [0.29, 0.717) is 37.3 Å². The molecule has 2 N–H and O–H groups in total. The van der Waals surface area contributed by atoms with Crippen molar-refractivity contribution >= 4 is 38.8 Å². The maximum Gasteiger partial charge on any atom is 0.303 e. The van der Waals surface area contributed by atoms with Crippen LogP contribution in [0, 0.1) is 19.8 Å². The summed E-state index contributed by atoms with van der Waals surface area (Å²) in [6.07, 6.45) is 4.46. The molecule has 210 valence electrons. The zero-order valence-corrected chi connectivity index (χ0v) is 23.8. The fourth-order valence-electron chi connectivity index (χ4n) is 4.75. The first-order valence-electron chi connectivity index (χ1n) is 13.4. The average Bonchev–Trinajstić information content (AvgIpc) is 3.67. The molecule has 1 atom stereocenters. The molecule has 0 aliphatic heterocycles. The summed E-state index contributed by atoms with van der Waals surface area (Å²) in [6, 6.07) is 10.1. The molecule has 2 aromatic heterocycles. The number of hydrogen-bond acceptors (Lipinski definition) is 6. The Morgan fingerprint density at radius 2 is 1.87 bits per heavy atom. The molecule has 0 radical (unpaired) electrons. The Balaban J connectivity index is 1.55. The molecule has 39 heavy (non-hydrogen) atoms. The number of nitrogens with one attached hydrogen (secondary N) is 1. The van der Waals surface area contributed by atoms with E-state index < -0.39 is 16.0 Å². The van der Waals surface area contributed by atoms with E-state index in [0.717, 1.165) is 46.2 Å². The Hall–Kier alpha value is -3.40. The predicted molar refractivity (Wildman–Crippen MR) is 151 cm³/mol. The zero-order valence-electron chi connectivity index (χ0n) is 23.0. The number of sulfonamides is 1. The van der Waals surface area contributed by atoms with E-state index in [1.807, 2.05) is 44.2 Å². The Kier molecular flexibility index (Phi) is 8.64. The van der Waals surface area contributed by atoms with Gasteiger partial charge in [-0.3, -0.25) is 13.9 Å². The number of anilines is 1. The number of rotatable bonds is 13. The molecule has 1 fully saturated rings. The van der Waals surface area contributed by atoms with Crippen LogP contribution in [0.2, 0.25) is 0 Å². The number of carbonyl (C=O) groups is 2. The van der Waals surface area contributed by atoms with Crippen molar-refractivity contribution in [1.29, 1.82) is 0 Å². The van der Waals surface area contributed by atoms with Crippen molar-refractivity contribution in [2.75, 3.05) is 23.7 Å². The third-order valence-electron chi connectivity index (χ3n) is 7.22. The third-order valence-corrected chi connectivity index (χ3v) is 8.38. The molecule has 0 saturated heterocycles. The third kappa shape index (κ3) is 6.98. The largest absolute Gasteiger partial charge is 0.481 e. The fourth-order valence-corrected chi connectivity index (χ4v) is 5.67. The standard InChI is InChI=1S/C29H37N3O6S/c1-18-9-11-22(12-10-18)26-20(3)23-17-24(21-13-14-21)27(31-29(23)38-26)32(39(4,36)37)16-6-7-19(2)28(35)30-15-5-8-25(33)34/h9-12,17,19,21H,5-8,13-16H2,1-4H3,(H,30,35)(H,33,34). The van der Waals surface area contributed by atoms with Gasteiger partial charge in [-0.2, -0.15) is 4.98 Å². The normalized spacial score (nSPS) is 14.4. The molecule has 2 heterocycles. The Morgan fingerprint density at radius 1 is 1.18 bits per heavy atom. The maximum atomic E-state index is 13.0. The molecular weight excluding hydrogens is 518 g/mol. The number of aryl methyl sites for hydroxylation is 2. The molecule has 1 aliphatic carbocycles. The molecule has 1 amide bonds. The summed E-state index contributed by atoms with van der Waals surface area (Å²) in [5.41, 5.74) is 4.39. The summed E-state index contributed by atoms with van der Waals surface area (Å²) in [6.45, 7) is 6.31. The number of amides is 1. The summed E-state index contributed by atoms with van der Waals surface area (Å²) in [5.74, 6) is -0.00746. The van der Waals surface area contributed by atoms with Gasteiger partial charge in [0.2, 0.25) is 21.6 Å². The van der Waals surface area contributed by atoms with Crippen molar-refractivity contribution in [3.63, 3.8) is 0 Å². The highest BCUT2D eigenvalue weighted by molar-refractivity contribution is 7.92. The Bertz CT molecular complexity index is 1460. The maximum absolute atomic E-state index is 13.0. The molecule has 3 aromatic rings. The second-order valence-electron chi connectivity index (χ2n) is 10.6. The summed E-state index contributed by atoms with van der Waals surface area (Å²) >= 11 is 0. The number of aliphatic carboxylic acids is 1. The van der Waals surface area contributed by atoms with E-state index in [4.69, 9.17) is 14.5 Å². The number of hydrogen-bond donors (Lipinski definition) is 2. The van der Waals surface area contributed by atoms with E-state index in [1.165, 1.54) is 10.6 Å². The van der Waals surface area contributed by atoms with Gasteiger partial charge < -0.3 is 14.8 Å². The van der Waals surface area contributed by atoms with Gasteiger partial charge in [-0.15, -0.1) is 0 Å². The van der Waals surface area contributed by atoms with Crippen LogP contribution >= 0.6 is 0 Å². The van der Waals surface area contributed by atoms with Gasteiger partial charge in [-0.05, 0) is 63.5 Å². The average molecular weight is 556 g/mol. The number of nitrogens with zero attached hydrogens (tertiary/aromatic N) is 2. The van der Waals surface area contributed by atoms with Crippen molar-refractivity contribution in [2.45, 2.75) is 65.2 Å². The smallest absolute Gasteiger partial charge is 0.303 e.